The topological polar surface area (TPSA) is 96.5 Å². The number of hydrogen-bond donors (Lipinski definition) is 2. The Bertz CT molecular complexity index is 1290. The van der Waals surface area contributed by atoms with Gasteiger partial charge < -0.3 is 5.32 Å². The number of alkyl halides is 3. The molecule has 1 fully saturated rings. The molecule has 0 spiro atoms. The molecule has 0 unspecified atom stereocenters. The van der Waals surface area contributed by atoms with E-state index in [1.807, 2.05) is 30.3 Å². The smallest absolute Gasteiger partial charge is 0.326 e. The summed E-state index contributed by atoms with van der Waals surface area (Å²) in [6, 6.07) is 17.1. The van der Waals surface area contributed by atoms with Gasteiger partial charge in [0.15, 0.2) is 5.69 Å². The molecule has 1 amide bonds. The summed E-state index contributed by atoms with van der Waals surface area (Å²) < 4.78 is 40.7. The lowest BCUT2D eigenvalue weighted by molar-refractivity contribution is -0.140. The molecule has 0 aliphatic heterocycles. The van der Waals surface area contributed by atoms with Gasteiger partial charge in [-0.25, -0.2) is 0 Å². The molecule has 0 radical (unpaired) electrons. The Morgan fingerprint density at radius 3 is 2.55 bits per heavy atom. The fraction of sp³-hybridized carbons (Fsp3) is 0.174. The van der Waals surface area contributed by atoms with E-state index in [2.05, 4.69) is 30.9 Å². The van der Waals surface area contributed by atoms with Gasteiger partial charge in [-0.05, 0) is 46.9 Å². The Hall–Kier alpha value is -4.08. The van der Waals surface area contributed by atoms with Gasteiger partial charge in [0.2, 0.25) is 11.7 Å². The first-order chi connectivity index (χ1) is 15.9. The lowest BCUT2D eigenvalue weighted by Crippen LogP contribution is -2.15. The number of nitrogens with one attached hydrogen (secondary N) is 2. The van der Waals surface area contributed by atoms with E-state index in [1.165, 1.54) is 18.2 Å². The Morgan fingerprint density at radius 2 is 1.82 bits per heavy atom. The fourth-order valence-electron chi connectivity index (χ4n) is 3.95. The van der Waals surface area contributed by atoms with Gasteiger partial charge in [0.25, 0.3) is 0 Å². The van der Waals surface area contributed by atoms with Crippen molar-refractivity contribution < 1.29 is 18.0 Å². The maximum absolute atomic E-state index is 13.6. The minimum absolute atomic E-state index is 0.103. The van der Waals surface area contributed by atoms with Gasteiger partial charge in [-0.2, -0.15) is 18.4 Å². The van der Waals surface area contributed by atoms with Crippen molar-refractivity contribution in [1.82, 2.24) is 25.6 Å². The summed E-state index contributed by atoms with van der Waals surface area (Å²) in [6.45, 7) is 0. The van der Waals surface area contributed by atoms with Crippen molar-refractivity contribution in [3.63, 3.8) is 0 Å². The molecule has 2 aromatic carbocycles. The van der Waals surface area contributed by atoms with Crippen molar-refractivity contribution in [2.75, 3.05) is 5.32 Å². The molecule has 2 aromatic heterocycles. The van der Waals surface area contributed by atoms with E-state index in [1.54, 1.807) is 12.1 Å². The Labute approximate surface area is 186 Å². The summed E-state index contributed by atoms with van der Waals surface area (Å²) in [5.41, 5.74) is 0.916. The van der Waals surface area contributed by atoms with Crippen LogP contribution in [0.25, 0.3) is 22.5 Å². The zero-order chi connectivity index (χ0) is 23.0. The highest BCUT2D eigenvalue weighted by atomic mass is 19.4. The number of aromatic amines is 1. The zero-order valence-corrected chi connectivity index (χ0v) is 17.0. The standard InChI is InChI=1S/C23H17F3N6O/c24-23(25,26)20-16(7-4-10-27-20)15-9-8-14(11-18(15)21-29-31-32-30-21)28-22(33)19-12-17(19)13-5-2-1-3-6-13/h1-11,17,19H,12H2,(H,28,33)(H,29,30,31,32)/t17-,19+/m0/s1. The van der Waals surface area contributed by atoms with E-state index in [9.17, 15) is 18.0 Å². The molecule has 2 N–H and O–H groups in total. The molecular formula is C23H17F3N6O. The van der Waals surface area contributed by atoms with E-state index in [-0.39, 0.29) is 40.3 Å². The number of halogens is 3. The molecule has 1 aliphatic rings. The minimum atomic E-state index is -4.64. The van der Waals surface area contributed by atoms with Crippen molar-refractivity contribution in [1.29, 1.82) is 0 Å². The second-order valence-corrected chi connectivity index (χ2v) is 7.74. The second kappa shape index (κ2) is 8.12. The molecule has 5 rings (SSSR count). The predicted molar refractivity (Wildman–Crippen MR) is 114 cm³/mol. The van der Waals surface area contributed by atoms with Gasteiger partial charge in [-0.15, -0.1) is 10.2 Å². The first kappa shape index (κ1) is 20.8. The van der Waals surface area contributed by atoms with Crippen molar-refractivity contribution in [3.05, 3.63) is 78.1 Å². The van der Waals surface area contributed by atoms with Gasteiger partial charge in [0.1, 0.15) is 0 Å². The molecule has 2 atom stereocenters. The van der Waals surface area contributed by atoms with E-state index in [0.29, 0.717) is 5.69 Å². The number of pyridine rings is 1. The summed E-state index contributed by atoms with van der Waals surface area (Å²) in [5.74, 6) is -0.0394. The Kier molecular flexibility index (Phi) is 5.12. The number of hydrogen-bond acceptors (Lipinski definition) is 5. The van der Waals surface area contributed by atoms with Crippen LogP contribution in [0, 0.1) is 5.92 Å². The van der Waals surface area contributed by atoms with Crippen LogP contribution in [0.5, 0.6) is 0 Å². The van der Waals surface area contributed by atoms with Crippen LogP contribution < -0.4 is 5.32 Å². The summed E-state index contributed by atoms with van der Waals surface area (Å²) in [4.78, 5) is 16.3. The normalized spacial score (nSPS) is 17.5. The van der Waals surface area contributed by atoms with E-state index in [0.717, 1.165) is 18.2 Å². The number of tetrazole rings is 1. The second-order valence-electron chi connectivity index (χ2n) is 7.74. The quantitative estimate of drug-likeness (QED) is 0.460. The number of carbonyl (C=O) groups excluding carboxylic acids is 1. The van der Waals surface area contributed by atoms with Crippen LogP contribution in [0.2, 0.25) is 0 Å². The van der Waals surface area contributed by atoms with Crippen LogP contribution in [-0.4, -0.2) is 31.5 Å². The van der Waals surface area contributed by atoms with Gasteiger partial charge in [-0.1, -0.05) is 42.5 Å². The number of rotatable bonds is 5. The van der Waals surface area contributed by atoms with E-state index < -0.39 is 11.9 Å². The highest BCUT2D eigenvalue weighted by Gasteiger charge is 2.44. The number of anilines is 1. The molecule has 33 heavy (non-hydrogen) atoms. The third-order valence-electron chi connectivity index (χ3n) is 5.59. The van der Waals surface area contributed by atoms with Gasteiger partial charge in [0.05, 0.1) is 0 Å². The monoisotopic (exact) mass is 450 g/mol. The summed E-state index contributed by atoms with van der Waals surface area (Å²) >= 11 is 0. The third kappa shape index (κ3) is 4.19. The first-order valence-electron chi connectivity index (χ1n) is 10.2. The van der Waals surface area contributed by atoms with Crippen molar-refractivity contribution in [2.45, 2.75) is 18.5 Å². The lowest BCUT2D eigenvalue weighted by atomic mass is 9.97. The van der Waals surface area contributed by atoms with Gasteiger partial charge >= 0.3 is 6.18 Å². The highest BCUT2D eigenvalue weighted by molar-refractivity contribution is 5.96. The van der Waals surface area contributed by atoms with Gasteiger partial charge in [0, 0.05) is 28.9 Å². The average Bonchev–Trinajstić information content (AvgIpc) is 3.44. The predicted octanol–water partition coefficient (Wildman–Crippen LogP) is 4.69. The van der Waals surface area contributed by atoms with Crippen molar-refractivity contribution in [3.8, 4) is 22.5 Å². The molecule has 1 saturated carbocycles. The number of carbonyl (C=O) groups is 1. The fourth-order valence-corrected chi connectivity index (χ4v) is 3.95. The molecule has 1 aliphatic carbocycles. The van der Waals surface area contributed by atoms with Crippen LogP contribution in [0.3, 0.4) is 0 Å². The number of benzene rings is 2. The zero-order valence-electron chi connectivity index (χ0n) is 17.0. The Balaban J connectivity index is 1.46. The van der Waals surface area contributed by atoms with Gasteiger partial charge in [-0.3, -0.25) is 9.78 Å². The van der Waals surface area contributed by atoms with Crippen LogP contribution in [-0.2, 0) is 11.0 Å². The largest absolute Gasteiger partial charge is 0.433 e. The van der Waals surface area contributed by atoms with E-state index >= 15 is 0 Å². The van der Waals surface area contributed by atoms with Crippen LogP contribution in [0.4, 0.5) is 18.9 Å². The molecule has 4 aromatic rings. The molecule has 166 valence electrons. The first-order valence-corrected chi connectivity index (χ1v) is 10.2. The highest BCUT2D eigenvalue weighted by Crippen LogP contribution is 2.48. The number of nitrogens with zero attached hydrogens (tertiary/aromatic N) is 4. The number of amides is 1. The molecule has 7 nitrogen and oxygen atoms in total. The number of H-pyrrole nitrogens is 1. The maximum Gasteiger partial charge on any atom is 0.433 e. The summed E-state index contributed by atoms with van der Waals surface area (Å²) in [5, 5.41) is 16.5. The van der Waals surface area contributed by atoms with Crippen molar-refractivity contribution in [2.24, 2.45) is 5.92 Å². The molecule has 10 heteroatoms. The minimum Gasteiger partial charge on any atom is -0.326 e. The average molecular weight is 450 g/mol. The van der Waals surface area contributed by atoms with Crippen molar-refractivity contribution >= 4 is 11.6 Å². The van der Waals surface area contributed by atoms with Crippen LogP contribution >= 0.6 is 0 Å². The Morgan fingerprint density at radius 1 is 1.00 bits per heavy atom. The molecular weight excluding hydrogens is 433 g/mol. The molecule has 0 bridgehead atoms. The third-order valence-corrected chi connectivity index (χ3v) is 5.59. The van der Waals surface area contributed by atoms with E-state index in [4.69, 9.17) is 0 Å². The SMILES string of the molecule is O=C(Nc1ccc(-c2cccnc2C(F)(F)F)c(-c2nn[nH]n2)c1)[C@@H]1C[C@H]1c1ccccc1. The molecule has 0 saturated heterocycles. The summed E-state index contributed by atoms with van der Waals surface area (Å²) in [6.07, 6.45) is -2.81. The van der Waals surface area contributed by atoms with Crippen LogP contribution in [0.1, 0.15) is 23.6 Å². The number of aromatic nitrogens is 5. The summed E-state index contributed by atoms with van der Waals surface area (Å²) in [7, 11) is 0. The lowest BCUT2D eigenvalue weighted by Gasteiger charge is -2.15. The van der Waals surface area contributed by atoms with Crippen LogP contribution in [0.15, 0.2) is 66.9 Å². The maximum atomic E-state index is 13.6. The molecule has 2 heterocycles.